The minimum Gasteiger partial charge on any atom is -0.361 e. The predicted molar refractivity (Wildman–Crippen MR) is 106 cm³/mol. The molecule has 2 aromatic carbocycles. The lowest BCUT2D eigenvalue weighted by Gasteiger charge is -2.05. The Bertz CT molecular complexity index is 949. The minimum atomic E-state index is -0.393. The number of para-hydroxylation sites is 1. The molecule has 0 bridgehead atoms. The van der Waals surface area contributed by atoms with Crippen LogP contribution in [-0.4, -0.2) is 29.6 Å². The van der Waals surface area contributed by atoms with E-state index in [2.05, 4.69) is 43.4 Å². The third-order valence-electron chi connectivity index (χ3n) is 3.54. The fourth-order valence-corrected chi connectivity index (χ4v) is 2.95. The molecule has 1 heterocycles. The number of H-pyrrole nitrogens is 1. The molecule has 0 aliphatic heterocycles. The van der Waals surface area contributed by atoms with Gasteiger partial charge < -0.3 is 10.3 Å². The van der Waals surface area contributed by atoms with Crippen LogP contribution in [0.3, 0.4) is 0 Å². The third kappa shape index (κ3) is 4.24. The van der Waals surface area contributed by atoms with Crippen molar-refractivity contribution < 1.29 is 9.59 Å². The van der Waals surface area contributed by atoms with E-state index in [1.54, 1.807) is 18.3 Å². The first kappa shape index (κ1) is 17.2. The molecule has 126 valence electrons. The van der Waals surface area contributed by atoms with Gasteiger partial charge in [0.15, 0.2) is 0 Å². The third-order valence-corrected chi connectivity index (χ3v) is 4.48. The first-order valence-electron chi connectivity index (χ1n) is 7.56. The number of carbonyl (C=O) groups excluding carboxylic acids is 2. The van der Waals surface area contributed by atoms with Crippen molar-refractivity contribution in [3.05, 3.63) is 69.4 Å². The molecule has 6 nitrogen and oxygen atoms in total. The van der Waals surface area contributed by atoms with E-state index >= 15 is 0 Å². The number of carbonyl (C=O) groups is 2. The summed E-state index contributed by atoms with van der Waals surface area (Å²) in [7, 11) is 0. The highest BCUT2D eigenvalue weighted by atomic mass is 127. The number of hydrogen-bond donors (Lipinski definition) is 3. The van der Waals surface area contributed by atoms with Gasteiger partial charge in [-0.3, -0.25) is 9.59 Å². The lowest BCUT2D eigenvalue weighted by atomic mass is 10.2. The Labute approximate surface area is 157 Å². The second kappa shape index (κ2) is 7.93. The van der Waals surface area contributed by atoms with Crippen LogP contribution in [0.1, 0.15) is 15.9 Å². The zero-order valence-corrected chi connectivity index (χ0v) is 15.3. The van der Waals surface area contributed by atoms with Gasteiger partial charge in [0.2, 0.25) is 0 Å². The summed E-state index contributed by atoms with van der Waals surface area (Å²) in [5.41, 5.74) is 4.82. The molecule has 25 heavy (non-hydrogen) atoms. The topological polar surface area (TPSA) is 86.3 Å². The summed E-state index contributed by atoms with van der Waals surface area (Å²) in [6.45, 7) is -0.144. The summed E-state index contributed by atoms with van der Waals surface area (Å²) in [6, 6.07) is 15.0. The minimum absolute atomic E-state index is 0.144. The van der Waals surface area contributed by atoms with Gasteiger partial charge in [-0.1, -0.05) is 30.3 Å². The maximum atomic E-state index is 12.0. The number of hydrazone groups is 1. The van der Waals surface area contributed by atoms with Crippen LogP contribution in [0.25, 0.3) is 10.9 Å². The van der Waals surface area contributed by atoms with Gasteiger partial charge in [-0.15, -0.1) is 0 Å². The van der Waals surface area contributed by atoms with E-state index in [0.29, 0.717) is 5.56 Å². The Hall–Kier alpha value is -2.68. The van der Waals surface area contributed by atoms with Crippen LogP contribution >= 0.6 is 22.6 Å². The quantitative estimate of drug-likeness (QED) is 0.320. The number of fused-ring (bicyclic) bond motifs is 1. The van der Waals surface area contributed by atoms with Crippen LogP contribution in [0, 0.1) is 3.57 Å². The molecule has 2 amide bonds. The molecule has 0 atom stereocenters. The van der Waals surface area contributed by atoms with Crippen LogP contribution in [0.2, 0.25) is 0 Å². The van der Waals surface area contributed by atoms with Crippen LogP contribution in [-0.2, 0) is 4.79 Å². The van der Waals surface area contributed by atoms with E-state index in [-0.39, 0.29) is 12.5 Å². The second-order valence-electron chi connectivity index (χ2n) is 5.25. The van der Waals surface area contributed by atoms with Gasteiger partial charge in [0.25, 0.3) is 11.8 Å². The molecule has 0 saturated carbocycles. The fraction of sp³-hybridized carbons (Fsp3) is 0.0556. The van der Waals surface area contributed by atoms with Crippen LogP contribution in [0.5, 0.6) is 0 Å². The lowest BCUT2D eigenvalue weighted by Crippen LogP contribution is -2.35. The van der Waals surface area contributed by atoms with Crippen molar-refractivity contribution in [2.24, 2.45) is 5.10 Å². The summed E-state index contributed by atoms with van der Waals surface area (Å²) < 4.78 is 0.829. The summed E-state index contributed by atoms with van der Waals surface area (Å²) in [5.74, 6) is -0.684. The molecular weight excluding hydrogens is 431 g/mol. The fourth-order valence-electron chi connectivity index (χ4n) is 2.32. The van der Waals surface area contributed by atoms with E-state index in [1.165, 1.54) is 0 Å². The SMILES string of the molecule is O=C(CNC(=O)c1ccccc1I)N/N=C\c1c[nH]c2ccccc12. The highest BCUT2D eigenvalue weighted by Gasteiger charge is 2.10. The summed E-state index contributed by atoms with van der Waals surface area (Å²) in [4.78, 5) is 27.0. The van der Waals surface area contributed by atoms with Gasteiger partial charge in [-0.25, -0.2) is 5.43 Å². The molecule has 0 radical (unpaired) electrons. The molecule has 1 aromatic heterocycles. The maximum absolute atomic E-state index is 12.0. The van der Waals surface area contributed by atoms with E-state index in [4.69, 9.17) is 0 Å². The molecule has 0 unspecified atom stereocenters. The summed E-state index contributed by atoms with van der Waals surface area (Å²) in [6.07, 6.45) is 3.39. The Balaban J connectivity index is 1.53. The van der Waals surface area contributed by atoms with Crippen molar-refractivity contribution in [2.75, 3.05) is 6.54 Å². The van der Waals surface area contributed by atoms with Crippen LogP contribution in [0.15, 0.2) is 59.8 Å². The Kier molecular flexibility index (Phi) is 5.44. The molecule has 7 heteroatoms. The Morgan fingerprint density at radius 2 is 1.88 bits per heavy atom. The largest absolute Gasteiger partial charge is 0.361 e. The average Bonchev–Trinajstić information content (AvgIpc) is 3.03. The molecule has 0 fully saturated rings. The number of aromatic nitrogens is 1. The Morgan fingerprint density at radius 1 is 1.12 bits per heavy atom. The highest BCUT2D eigenvalue weighted by molar-refractivity contribution is 14.1. The first-order valence-corrected chi connectivity index (χ1v) is 8.64. The summed E-state index contributed by atoms with van der Waals surface area (Å²) in [5, 5.41) is 7.53. The van der Waals surface area contributed by atoms with Crippen LogP contribution in [0.4, 0.5) is 0 Å². The monoisotopic (exact) mass is 446 g/mol. The van der Waals surface area contributed by atoms with Crippen molar-refractivity contribution >= 4 is 51.5 Å². The number of rotatable bonds is 5. The summed E-state index contributed by atoms with van der Waals surface area (Å²) >= 11 is 2.08. The number of amides is 2. The molecule has 0 saturated heterocycles. The van der Waals surface area contributed by atoms with Gasteiger partial charge in [0.1, 0.15) is 0 Å². The maximum Gasteiger partial charge on any atom is 0.259 e. The molecule has 3 aromatic rings. The van der Waals surface area contributed by atoms with Crippen molar-refractivity contribution in [1.29, 1.82) is 0 Å². The van der Waals surface area contributed by atoms with E-state index in [0.717, 1.165) is 20.0 Å². The van der Waals surface area contributed by atoms with Crippen LogP contribution < -0.4 is 10.7 Å². The normalized spacial score (nSPS) is 10.9. The Morgan fingerprint density at radius 3 is 2.72 bits per heavy atom. The number of nitrogens with zero attached hydrogens (tertiary/aromatic N) is 1. The number of hydrogen-bond acceptors (Lipinski definition) is 3. The van der Waals surface area contributed by atoms with Crippen molar-refractivity contribution in [2.45, 2.75) is 0 Å². The predicted octanol–water partition coefficient (Wildman–Crippen LogP) is 2.65. The van der Waals surface area contributed by atoms with E-state index < -0.39 is 5.91 Å². The number of aromatic amines is 1. The van der Waals surface area contributed by atoms with E-state index in [1.807, 2.05) is 42.6 Å². The highest BCUT2D eigenvalue weighted by Crippen LogP contribution is 2.15. The smallest absolute Gasteiger partial charge is 0.259 e. The first-order chi connectivity index (χ1) is 12.1. The van der Waals surface area contributed by atoms with Gasteiger partial charge in [-0.05, 0) is 40.8 Å². The van der Waals surface area contributed by atoms with Gasteiger partial charge in [0, 0.05) is 26.2 Å². The van der Waals surface area contributed by atoms with Gasteiger partial charge in [0.05, 0.1) is 18.3 Å². The molecule has 0 aliphatic rings. The zero-order chi connectivity index (χ0) is 17.6. The second-order valence-corrected chi connectivity index (χ2v) is 6.41. The standard InChI is InChI=1S/C18H15IN4O2/c19-15-7-3-1-6-14(15)18(25)21-11-17(24)23-22-10-12-9-20-16-8-4-2-5-13(12)16/h1-10,20H,11H2,(H,21,25)(H,23,24)/b22-10-. The number of benzene rings is 2. The van der Waals surface area contributed by atoms with Crippen molar-refractivity contribution in [3.8, 4) is 0 Å². The van der Waals surface area contributed by atoms with E-state index in [9.17, 15) is 9.59 Å². The molecule has 0 aliphatic carbocycles. The molecule has 3 N–H and O–H groups in total. The molecule has 0 spiro atoms. The zero-order valence-electron chi connectivity index (χ0n) is 13.1. The van der Waals surface area contributed by atoms with Crippen molar-refractivity contribution in [1.82, 2.24) is 15.7 Å². The lowest BCUT2D eigenvalue weighted by molar-refractivity contribution is -0.120. The van der Waals surface area contributed by atoms with Gasteiger partial charge in [-0.2, -0.15) is 5.10 Å². The van der Waals surface area contributed by atoms with Crippen molar-refractivity contribution in [3.63, 3.8) is 0 Å². The molecular formula is C18H15IN4O2. The molecule has 3 rings (SSSR count). The number of halogens is 1. The van der Waals surface area contributed by atoms with Gasteiger partial charge >= 0.3 is 0 Å². The number of nitrogens with one attached hydrogen (secondary N) is 3. The average molecular weight is 446 g/mol.